The summed E-state index contributed by atoms with van der Waals surface area (Å²) in [4.78, 5) is 10.9. The van der Waals surface area contributed by atoms with Crippen LogP contribution < -0.4 is 0 Å². The second-order valence-electron chi connectivity index (χ2n) is 6.30. The first kappa shape index (κ1) is 19.2. The van der Waals surface area contributed by atoms with Gasteiger partial charge in [-0.1, -0.05) is 57.6 Å². The zero-order chi connectivity index (χ0) is 16.0. The molecule has 1 unspecified atom stereocenters. The predicted octanol–water partition coefficient (Wildman–Crippen LogP) is 5.18. The Morgan fingerprint density at radius 3 is 2.55 bits per heavy atom. The van der Waals surface area contributed by atoms with Gasteiger partial charge in [-0.2, -0.15) is 0 Å². The van der Waals surface area contributed by atoms with Crippen molar-refractivity contribution < 1.29 is 14.3 Å². The van der Waals surface area contributed by atoms with Gasteiger partial charge in [0.2, 0.25) is 0 Å². The van der Waals surface area contributed by atoms with Crippen molar-refractivity contribution in [3.8, 4) is 0 Å². The molecule has 0 aromatic carbocycles. The summed E-state index contributed by atoms with van der Waals surface area (Å²) in [6.45, 7) is 2.24. The molecule has 1 aliphatic rings. The van der Waals surface area contributed by atoms with Crippen LogP contribution >= 0.6 is 0 Å². The Hall–Kier alpha value is -0.830. The smallest absolute Gasteiger partial charge is 0.305 e. The average molecular weight is 310 g/mol. The summed E-state index contributed by atoms with van der Waals surface area (Å²) >= 11 is 0. The Morgan fingerprint density at radius 2 is 1.77 bits per heavy atom. The second-order valence-corrected chi connectivity index (χ2v) is 6.30. The maximum Gasteiger partial charge on any atom is 0.305 e. The number of hydrogen-bond acceptors (Lipinski definition) is 3. The fourth-order valence-electron chi connectivity index (χ4n) is 2.75. The molecular formula is C19H34O3. The molecule has 3 heteroatoms. The lowest BCUT2D eigenvalue weighted by molar-refractivity contribution is -0.140. The molecule has 0 amide bonds. The van der Waals surface area contributed by atoms with Gasteiger partial charge in [0.25, 0.3) is 0 Å². The summed E-state index contributed by atoms with van der Waals surface area (Å²) in [5.74, 6) is -0.0850. The largest absolute Gasteiger partial charge is 0.469 e. The number of unbranched alkanes of at least 4 members (excludes halogenated alkanes) is 7. The van der Waals surface area contributed by atoms with Crippen LogP contribution in [-0.2, 0) is 14.3 Å². The van der Waals surface area contributed by atoms with E-state index in [1.165, 1.54) is 58.5 Å². The minimum Gasteiger partial charge on any atom is -0.469 e. The molecule has 1 heterocycles. The minimum atomic E-state index is -0.0850. The first-order chi connectivity index (χ1) is 10.8. The normalized spacial score (nSPS) is 20.5. The van der Waals surface area contributed by atoms with Crippen molar-refractivity contribution in [2.24, 2.45) is 0 Å². The van der Waals surface area contributed by atoms with Crippen LogP contribution in [-0.4, -0.2) is 25.3 Å². The molecule has 0 aliphatic carbocycles. The number of methoxy groups -OCH3 is 1. The highest BCUT2D eigenvalue weighted by atomic mass is 16.6. The van der Waals surface area contributed by atoms with E-state index in [0.717, 1.165) is 19.3 Å². The van der Waals surface area contributed by atoms with E-state index >= 15 is 0 Å². The topological polar surface area (TPSA) is 38.8 Å². The lowest BCUT2D eigenvalue weighted by atomic mass is 10.1. The highest BCUT2D eigenvalue weighted by Crippen LogP contribution is 2.30. The number of epoxide rings is 1. The standard InChI is InChI=1S/C19H34O3/c1-3-4-11-14-17-18(22-17)15-12-9-7-5-6-8-10-13-16-19(20)21-2/h9,12,17-18H,3-8,10-11,13-16H2,1-2H3/b12-9-/t17-,18?/m1/s1. The summed E-state index contributed by atoms with van der Waals surface area (Å²) in [7, 11) is 1.45. The Kier molecular flexibility index (Phi) is 11.1. The number of ether oxygens (including phenoxy) is 2. The van der Waals surface area contributed by atoms with E-state index in [2.05, 4.69) is 23.8 Å². The van der Waals surface area contributed by atoms with E-state index < -0.39 is 0 Å². The van der Waals surface area contributed by atoms with Crippen molar-refractivity contribution in [3.05, 3.63) is 12.2 Å². The van der Waals surface area contributed by atoms with E-state index in [1.54, 1.807) is 0 Å². The number of carbonyl (C=O) groups excluding carboxylic acids is 1. The van der Waals surface area contributed by atoms with Crippen LogP contribution in [0.3, 0.4) is 0 Å². The molecule has 0 aromatic heterocycles. The molecule has 0 bridgehead atoms. The Morgan fingerprint density at radius 1 is 1.00 bits per heavy atom. The number of carbonyl (C=O) groups is 1. The molecule has 1 saturated heterocycles. The fourth-order valence-corrected chi connectivity index (χ4v) is 2.75. The molecule has 0 N–H and O–H groups in total. The van der Waals surface area contributed by atoms with E-state index in [-0.39, 0.29) is 5.97 Å². The van der Waals surface area contributed by atoms with Crippen molar-refractivity contribution in [2.75, 3.05) is 7.11 Å². The maximum atomic E-state index is 10.9. The zero-order valence-electron chi connectivity index (χ0n) is 14.5. The predicted molar refractivity (Wildman–Crippen MR) is 90.9 cm³/mol. The van der Waals surface area contributed by atoms with Crippen molar-refractivity contribution in [1.82, 2.24) is 0 Å². The summed E-state index contributed by atoms with van der Waals surface area (Å²) in [5, 5.41) is 0. The van der Waals surface area contributed by atoms with Crippen LogP contribution in [0.15, 0.2) is 12.2 Å². The quantitative estimate of drug-likeness (QED) is 0.192. The number of hydrogen-bond donors (Lipinski definition) is 0. The summed E-state index contributed by atoms with van der Waals surface area (Å²) in [6.07, 6.45) is 19.5. The van der Waals surface area contributed by atoms with Gasteiger partial charge in [-0.15, -0.1) is 0 Å². The Bertz CT molecular complexity index is 312. The van der Waals surface area contributed by atoms with Gasteiger partial charge in [-0.05, 0) is 32.1 Å². The van der Waals surface area contributed by atoms with Gasteiger partial charge in [0.1, 0.15) is 0 Å². The van der Waals surface area contributed by atoms with Crippen LogP contribution in [0, 0.1) is 0 Å². The van der Waals surface area contributed by atoms with Crippen molar-refractivity contribution >= 4 is 5.97 Å². The first-order valence-corrected chi connectivity index (χ1v) is 9.15. The Labute approximate surface area is 136 Å². The minimum absolute atomic E-state index is 0.0850. The lowest BCUT2D eigenvalue weighted by Crippen LogP contribution is -1.99. The van der Waals surface area contributed by atoms with E-state index in [1.807, 2.05) is 0 Å². The van der Waals surface area contributed by atoms with E-state index in [0.29, 0.717) is 18.6 Å². The van der Waals surface area contributed by atoms with Gasteiger partial charge in [0.15, 0.2) is 0 Å². The third kappa shape index (κ3) is 9.99. The van der Waals surface area contributed by atoms with E-state index in [4.69, 9.17) is 4.74 Å². The molecule has 1 rings (SSSR count). The average Bonchev–Trinajstić information content (AvgIpc) is 3.27. The number of esters is 1. The van der Waals surface area contributed by atoms with Gasteiger partial charge >= 0.3 is 5.97 Å². The second kappa shape index (κ2) is 12.7. The first-order valence-electron chi connectivity index (χ1n) is 9.15. The maximum absolute atomic E-state index is 10.9. The SMILES string of the molecule is CCCCC[C@H]1OC1C/C=C\CCCCCCCC(=O)OC. The van der Waals surface area contributed by atoms with Crippen molar-refractivity contribution in [1.29, 1.82) is 0 Å². The summed E-state index contributed by atoms with van der Waals surface area (Å²) in [6, 6.07) is 0. The van der Waals surface area contributed by atoms with Gasteiger partial charge in [0, 0.05) is 6.42 Å². The van der Waals surface area contributed by atoms with Gasteiger partial charge in [0.05, 0.1) is 19.3 Å². The molecule has 2 atom stereocenters. The van der Waals surface area contributed by atoms with Gasteiger partial charge < -0.3 is 9.47 Å². The fraction of sp³-hybridized carbons (Fsp3) is 0.842. The molecule has 0 saturated carbocycles. The van der Waals surface area contributed by atoms with Crippen LogP contribution in [0.4, 0.5) is 0 Å². The molecular weight excluding hydrogens is 276 g/mol. The third-order valence-electron chi connectivity index (χ3n) is 4.29. The molecule has 0 radical (unpaired) electrons. The van der Waals surface area contributed by atoms with Crippen LogP contribution in [0.2, 0.25) is 0 Å². The van der Waals surface area contributed by atoms with Gasteiger partial charge in [-0.3, -0.25) is 4.79 Å². The summed E-state index contributed by atoms with van der Waals surface area (Å²) in [5.41, 5.74) is 0. The van der Waals surface area contributed by atoms with Crippen LogP contribution in [0.5, 0.6) is 0 Å². The van der Waals surface area contributed by atoms with E-state index in [9.17, 15) is 4.79 Å². The Balaban J connectivity index is 1.80. The molecule has 22 heavy (non-hydrogen) atoms. The summed E-state index contributed by atoms with van der Waals surface area (Å²) < 4.78 is 10.3. The number of allylic oxidation sites excluding steroid dienone is 1. The highest BCUT2D eigenvalue weighted by Gasteiger charge is 2.36. The van der Waals surface area contributed by atoms with Crippen LogP contribution in [0.1, 0.15) is 84.0 Å². The van der Waals surface area contributed by atoms with Crippen LogP contribution in [0.25, 0.3) is 0 Å². The molecule has 0 spiro atoms. The van der Waals surface area contributed by atoms with Crippen molar-refractivity contribution in [2.45, 2.75) is 96.2 Å². The number of rotatable bonds is 14. The molecule has 128 valence electrons. The van der Waals surface area contributed by atoms with Gasteiger partial charge in [-0.25, -0.2) is 0 Å². The molecule has 1 aliphatic heterocycles. The molecule has 0 aromatic rings. The van der Waals surface area contributed by atoms with Crippen molar-refractivity contribution in [3.63, 3.8) is 0 Å². The monoisotopic (exact) mass is 310 g/mol. The molecule has 1 fully saturated rings. The highest BCUT2D eigenvalue weighted by molar-refractivity contribution is 5.68. The zero-order valence-corrected chi connectivity index (χ0v) is 14.5. The lowest BCUT2D eigenvalue weighted by Gasteiger charge is -2.00. The third-order valence-corrected chi connectivity index (χ3v) is 4.29. The molecule has 3 nitrogen and oxygen atoms in total.